The van der Waals surface area contributed by atoms with E-state index in [1.54, 1.807) is 0 Å². The molecule has 2 aromatic rings. The van der Waals surface area contributed by atoms with Gasteiger partial charge < -0.3 is 10.1 Å². The summed E-state index contributed by atoms with van der Waals surface area (Å²) in [7, 11) is 1.31. The third kappa shape index (κ3) is 5.43. The van der Waals surface area contributed by atoms with E-state index < -0.39 is 5.97 Å². The quantitative estimate of drug-likeness (QED) is 0.658. The Bertz CT molecular complexity index is 678. The summed E-state index contributed by atoms with van der Waals surface area (Å²) in [6.07, 6.45) is 2.06. The molecule has 23 heavy (non-hydrogen) atoms. The van der Waals surface area contributed by atoms with Crippen molar-refractivity contribution in [3.05, 3.63) is 71.8 Å². The number of methoxy groups -OCH3 is 1. The van der Waals surface area contributed by atoms with Crippen molar-refractivity contribution in [2.24, 2.45) is 0 Å². The second-order valence-corrected chi connectivity index (χ2v) is 4.96. The van der Waals surface area contributed by atoms with Crippen molar-refractivity contribution in [2.45, 2.75) is 12.8 Å². The van der Waals surface area contributed by atoms with Crippen LogP contribution in [0, 0.1) is 0 Å². The molecular weight excluding hydrogens is 290 g/mol. The van der Waals surface area contributed by atoms with Gasteiger partial charge in [0.05, 0.1) is 13.5 Å². The number of benzene rings is 2. The number of nitrogens with one attached hydrogen (secondary N) is 1. The fraction of sp³-hybridized carbons (Fsp3) is 0.158. The van der Waals surface area contributed by atoms with E-state index >= 15 is 0 Å². The first-order valence-corrected chi connectivity index (χ1v) is 7.38. The highest BCUT2D eigenvalue weighted by atomic mass is 16.5. The lowest BCUT2D eigenvalue weighted by Gasteiger charge is -2.10. The molecule has 0 saturated heterocycles. The van der Waals surface area contributed by atoms with Crippen molar-refractivity contribution in [3.8, 4) is 0 Å². The van der Waals surface area contributed by atoms with Crippen LogP contribution in [0.2, 0.25) is 0 Å². The smallest absolute Gasteiger partial charge is 0.306 e. The number of carbonyl (C=O) groups excluding carboxylic acids is 2. The highest BCUT2D eigenvalue weighted by Gasteiger charge is 2.10. The van der Waals surface area contributed by atoms with Gasteiger partial charge in [-0.05, 0) is 17.2 Å². The first-order chi connectivity index (χ1) is 11.2. The Morgan fingerprint density at radius 1 is 0.957 bits per heavy atom. The monoisotopic (exact) mass is 309 g/mol. The zero-order valence-corrected chi connectivity index (χ0v) is 13.0. The largest absolute Gasteiger partial charge is 0.469 e. The Kier molecular flexibility index (Phi) is 6.12. The molecular formula is C19H19NO3. The van der Waals surface area contributed by atoms with Crippen molar-refractivity contribution >= 4 is 23.6 Å². The summed E-state index contributed by atoms with van der Waals surface area (Å²) in [6.45, 7) is 0. The van der Waals surface area contributed by atoms with Gasteiger partial charge in [-0.3, -0.25) is 9.59 Å². The van der Waals surface area contributed by atoms with E-state index in [2.05, 4.69) is 10.1 Å². The fourth-order valence-electron chi connectivity index (χ4n) is 2.06. The molecule has 0 aliphatic heterocycles. The third-order valence-electron chi connectivity index (χ3n) is 3.25. The molecule has 1 N–H and O–H groups in total. The third-order valence-corrected chi connectivity index (χ3v) is 3.25. The van der Waals surface area contributed by atoms with E-state index in [0.717, 1.165) is 11.1 Å². The van der Waals surface area contributed by atoms with E-state index in [4.69, 9.17) is 0 Å². The molecule has 0 aliphatic rings. The molecule has 0 saturated carbocycles. The minimum absolute atomic E-state index is 0.0652. The summed E-state index contributed by atoms with van der Waals surface area (Å²) in [5.74, 6) is -0.616. The maximum Gasteiger partial charge on any atom is 0.306 e. The number of esters is 1. The lowest BCUT2D eigenvalue weighted by Crippen LogP contribution is -2.22. The number of amides is 1. The molecule has 0 bridgehead atoms. The molecule has 0 heterocycles. The fourth-order valence-corrected chi connectivity index (χ4v) is 2.06. The highest BCUT2D eigenvalue weighted by Crippen LogP contribution is 2.16. The van der Waals surface area contributed by atoms with Crippen LogP contribution in [0.15, 0.2) is 60.7 Å². The Labute approximate surface area is 135 Å². The van der Waals surface area contributed by atoms with Crippen LogP contribution in [0.4, 0.5) is 0 Å². The Morgan fingerprint density at radius 3 is 2.17 bits per heavy atom. The van der Waals surface area contributed by atoms with Crippen LogP contribution in [0.5, 0.6) is 0 Å². The van der Waals surface area contributed by atoms with Crippen molar-refractivity contribution in [3.63, 3.8) is 0 Å². The van der Waals surface area contributed by atoms with E-state index in [9.17, 15) is 9.59 Å². The molecule has 0 spiro atoms. The summed E-state index contributed by atoms with van der Waals surface area (Å²) in [4.78, 5) is 23.2. The van der Waals surface area contributed by atoms with Gasteiger partial charge in [0.1, 0.15) is 0 Å². The molecule has 2 rings (SSSR count). The molecule has 2 aromatic carbocycles. The van der Waals surface area contributed by atoms with Gasteiger partial charge in [-0.2, -0.15) is 0 Å². The molecule has 0 unspecified atom stereocenters. The molecule has 0 fully saturated rings. The average molecular weight is 309 g/mol. The van der Waals surface area contributed by atoms with Gasteiger partial charge in [0.15, 0.2) is 0 Å². The number of rotatable bonds is 6. The normalized spacial score (nSPS) is 10.9. The summed E-state index contributed by atoms with van der Waals surface area (Å²) >= 11 is 0. The first-order valence-electron chi connectivity index (χ1n) is 7.38. The summed E-state index contributed by atoms with van der Waals surface area (Å²) in [6, 6.07) is 19.3. The molecule has 1 amide bonds. The Hall–Kier alpha value is -2.88. The van der Waals surface area contributed by atoms with Crippen molar-refractivity contribution in [2.75, 3.05) is 7.11 Å². The zero-order valence-electron chi connectivity index (χ0n) is 13.0. The Morgan fingerprint density at radius 2 is 1.57 bits per heavy atom. The molecule has 0 aromatic heterocycles. The lowest BCUT2D eigenvalue weighted by molar-refractivity contribution is -0.142. The van der Waals surface area contributed by atoms with E-state index in [0.29, 0.717) is 5.70 Å². The number of ether oxygens (including phenoxy) is 1. The summed E-state index contributed by atoms with van der Waals surface area (Å²) < 4.78 is 4.55. The summed E-state index contributed by atoms with van der Waals surface area (Å²) in [5, 5.41) is 2.88. The predicted molar refractivity (Wildman–Crippen MR) is 90.1 cm³/mol. The lowest BCUT2D eigenvalue weighted by atomic mass is 10.1. The van der Waals surface area contributed by atoms with Crippen LogP contribution in [0.1, 0.15) is 24.0 Å². The number of hydrogen-bond donors (Lipinski definition) is 1. The number of carbonyl (C=O) groups is 2. The van der Waals surface area contributed by atoms with Gasteiger partial charge in [0.2, 0.25) is 5.91 Å². The van der Waals surface area contributed by atoms with Gasteiger partial charge in [-0.15, -0.1) is 0 Å². The zero-order chi connectivity index (χ0) is 16.5. The van der Waals surface area contributed by atoms with Gasteiger partial charge >= 0.3 is 5.97 Å². The topological polar surface area (TPSA) is 55.4 Å². The minimum Gasteiger partial charge on any atom is -0.469 e. The van der Waals surface area contributed by atoms with Gasteiger partial charge in [0, 0.05) is 12.1 Å². The molecule has 118 valence electrons. The maximum absolute atomic E-state index is 12.1. The predicted octanol–water partition coefficient (Wildman–Crippen LogP) is 3.25. The van der Waals surface area contributed by atoms with Gasteiger partial charge in [-0.1, -0.05) is 60.7 Å². The molecule has 4 nitrogen and oxygen atoms in total. The van der Waals surface area contributed by atoms with Crippen molar-refractivity contribution in [1.82, 2.24) is 5.32 Å². The average Bonchev–Trinajstić information content (AvgIpc) is 2.60. The highest BCUT2D eigenvalue weighted by molar-refractivity contribution is 5.93. The van der Waals surface area contributed by atoms with E-state index in [1.807, 2.05) is 66.7 Å². The van der Waals surface area contributed by atoms with Crippen LogP contribution in [-0.4, -0.2) is 19.0 Å². The second kappa shape index (κ2) is 8.54. The number of hydrogen-bond acceptors (Lipinski definition) is 3. The van der Waals surface area contributed by atoms with E-state index in [1.165, 1.54) is 7.11 Å². The van der Waals surface area contributed by atoms with Crippen LogP contribution in [0.25, 0.3) is 11.8 Å². The molecule has 0 aliphatic carbocycles. The van der Waals surface area contributed by atoms with Crippen molar-refractivity contribution in [1.29, 1.82) is 0 Å². The molecule has 4 heteroatoms. The van der Waals surface area contributed by atoms with Gasteiger partial charge in [-0.25, -0.2) is 0 Å². The van der Waals surface area contributed by atoms with Crippen LogP contribution in [-0.2, 0) is 14.3 Å². The van der Waals surface area contributed by atoms with E-state index in [-0.39, 0.29) is 18.7 Å². The van der Waals surface area contributed by atoms with Gasteiger partial charge in [0.25, 0.3) is 0 Å². The van der Waals surface area contributed by atoms with Crippen LogP contribution >= 0.6 is 0 Å². The van der Waals surface area contributed by atoms with Crippen LogP contribution in [0.3, 0.4) is 0 Å². The minimum atomic E-state index is -0.395. The summed E-state index contributed by atoms with van der Waals surface area (Å²) in [5.41, 5.74) is 2.59. The molecule has 0 radical (unpaired) electrons. The van der Waals surface area contributed by atoms with Crippen LogP contribution < -0.4 is 5.32 Å². The molecule has 0 atom stereocenters. The first kappa shape index (κ1) is 16.5. The second-order valence-electron chi connectivity index (χ2n) is 4.96. The maximum atomic E-state index is 12.1. The standard InChI is InChI=1S/C19H19NO3/c1-23-19(22)13-12-18(21)20-17(16-10-6-3-7-11-16)14-15-8-4-2-5-9-15/h2-11,14H,12-13H2,1H3,(H,20,21)/b17-14+. The Balaban J connectivity index is 2.16. The SMILES string of the molecule is COC(=O)CCC(=O)N/C(=C/c1ccccc1)c1ccccc1. The van der Waals surface area contributed by atoms with Crippen molar-refractivity contribution < 1.29 is 14.3 Å².